The molecule has 0 aliphatic carbocycles. The fraction of sp³-hybridized carbons (Fsp3) is 0.385. The molecule has 2 rings (SSSR count). The maximum atomic E-state index is 12.2. The summed E-state index contributed by atoms with van der Waals surface area (Å²) in [6.07, 6.45) is -4.38. The molecule has 0 N–H and O–H groups in total. The Morgan fingerprint density at radius 2 is 2.27 bits per heavy atom. The van der Waals surface area contributed by atoms with E-state index in [1.54, 1.807) is 6.07 Å². The molecule has 9 heteroatoms. The molecule has 2 aromatic heterocycles. The number of halogens is 3. The van der Waals surface area contributed by atoms with Gasteiger partial charge in [0.15, 0.2) is 5.76 Å². The van der Waals surface area contributed by atoms with E-state index in [4.69, 9.17) is 4.52 Å². The molecule has 0 saturated heterocycles. The van der Waals surface area contributed by atoms with Crippen molar-refractivity contribution in [3.63, 3.8) is 0 Å². The molecule has 0 atom stereocenters. The molecule has 0 saturated carbocycles. The number of thiophene rings is 1. The molecule has 0 aliphatic heterocycles. The van der Waals surface area contributed by atoms with E-state index in [0.29, 0.717) is 22.1 Å². The maximum absolute atomic E-state index is 12.2. The van der Waals surface area contributed by atoms with Crippen molar-refractivity contribution >= 4 is 29.0 Å². The van der Waals surface area contributed by atoms with Crippen molar-refractivity contribution in [2.75, 3.05) is 19.3 Å². The van der Waals surface area contributed by atoms with E-state index in [-0.39, 0.29) is 5.75 Å². The number of rotatable bonds is 6. The zero-order valence-electron chi connectivity index (χ0n) is 11.6. The van der Waals surface area contributed by atoms with Crippen LogP contribution in [0.1, 0.15) is 5.69 Å². The van der Waals surface area contributed by atoms with Gasteiger partial charge in [-0.3, -0.25) is 4.79 Å². The number of nitrogens with zero attached hydrogens (tertiary/aromatic N) is 2. The quantitative estimate of drug-likeness (QED) is 0.798. The molecule has 0 spiro atoms. The highest BCUT2D eigenvalue weighted by molar-refractivity contribution is 7.99. The lowest BCUT2D eigenvalue weighted by atomic mass is 10.3. The van der Waals surface area contributed by atoms with E-state index in [1.807, 2.05) is 17.5 Å². The van der Waals surface area contributed by atoms with E-state index in [2.05, 4.69) is 5.16 Å². The first kappa shape index (κ1) is 16.9. The van der Waals surface area contributed by atoms with Crippen molar-refractivity contribution in [3.05, 3.63) is 29.3 Å². The topological polar surface area (TPSA) is 46.3 Å². The van der Waals surface area contributed by atoms with Crippen LogP contribution in [0.15, 0.2) is 28.1 Å². The van der Waals surface area contributed by atoms with Crippen LogP contribution in [-0.4, -0.2) is 41.5 Å². The van der Waals surface area contributed by atoms with Gasteiger partial charge in [-0.2, -0.15) is 13.2 Å². The lowest BCUT2D eigenvalue weighted by Crippen LogP contribution is -2.36. The summed E-state index contributed by atoms with van der Waals surface area (Å²) >= 11 is 2.72. The van der Waals surface area contributed by atoms with Crippen LogP contribution in [0.3, 0.4) is 0 Å². The van der Waals surface area contributed by atoms with Crippen LogP contribution in [0.5, 0.6) is 0 Å². The van der Waals surface area contributed by atoms with Crippen LogP contribution in [0.4, 0.5) is 13.2 Å². The van der Waals surface area contributed by atoms with Crippen molar-refractivity contribution in [2.45, 2.75) is 11.9 Å². The molecular formula is C13H13F3N2O2S2. The van der Waals surface area contributed by atoms with E-state index < -0.39 is 18.6 Å². The molecule has 0 bridgehead atoms. The lowest BCUT2D eigenvalue weighted by Gasteiger charge is -2.18. The van der Waals surface area contributed by atoms with E-state index in [9.17, 15) is 18.0 Å². The zero-order chi connectivity index (χ0) is 16.2. The van der Waals surface area contributed by atoms with Gasteiger partial charge in [0.05, 0.1) is 16.3 Å². The molecular weight excluding hydrogens is 337 g/mol. The average molecular weight is 350 g/mol. The molecule has 0 radical (unpaired) electrons. The summed E-state index contributed by atoms with van der Waals surface area (Å²) in [5.41, 5.74) is 0.652. The first-order valence-corrected chi connectivity index (χ1v) is 8.26. The molecule has 4 nitrogen and oxygen atoms in total. The van der Waals surface area contributed by atoms with Crippen molar-refractivity contribution in [3.8, 4) is 10.6 Å². The van der Waals surface area contributed by atoms with Gasteiger partial charge in [0.25, 0.3) is 0 Å². The summed E-state index contributed by atoms with van der Waals surface area (Å²) in [6, 6.07) is 5.56. The highest BCUT2D eigenvalue weighted by atomic mass is 32.2. The monoisotopic (exact) mass is 350 g/mol. The molecule has 120 valence electrons. The van der Waals surface area contributed by atoms with Crippen molar-refractivity contribution in [2.24, 2.45) is 0 Å². The minimum atomic E-state index is -4.38. The van der Waals surface area contributed by atoms with Gasteiger partial charge in [-0.25, -0.2) is 0 Å². The number of hydrogen-bond donors (Lipinski definition) is 0. The second-order valence-electron chi connectivity index (χ2n) is 4.52. The van der Waals surface area contributed by atoms with Crippen LogP contribution >= 0.6 is 23.1 Å². The minimum Gasteiger partial charge on any atom is -0.355 e. The zero-order valence-corrected chi connectivity index (χ0v) is 13.2. The summed E-state index contributed by atoms with van der Waals surface area (Å²) < 4.78 is 41.7. The van der Waals surface area contributed by atoms with E-state index >= 15 is 0 Å². The van der Waals surface area contributed by atoms with Crippen LogP contribution in [0.2, 0.25) is 0 Å². The second kappa shape index (κ2) is 7.19. The smallest absolute Gasteiger partial charge is 0.355 e. The predicted molar refractivity (Wildman–Crippen MR) is 79.7 cm³/mol. The Balaban J connectivity index is 1.78. The molecule has 2 aromatic rings. The van der Waals surface area contributed by atoms with Gasteiger partial charge in [-0.15, -0.1) is 23.1 Å². The van der Waals surface area contributed by atoms with Crippen molar-refractivity contribution < 1.29 is 22.5 Å². The fourth-order valence-electron chi connectivity index (χ4n) is 1.62. The molecule has 0 aliphatic rings. The molecule has 0 unspecified atom stereocenters. The Morgan fingerprint density at radius 1 is 1.50 bits per heavy atom. The van der Waals surface area contributed by atoms with Gasteiger partial charge < -0.3 is 9.42 Å². The third-order valence-corrected chi connectivity index (χ3v) is 4.48. The number of hydrogen-bond acceptors (Lipinski definition) is 5. The second-order valence-corrected chi connectivity index (χ2v) is 6.45. The van der Waals surface area contributed by atoms with Crippen molar-refractivity contribution in [1.82, 2.24) is 10.1 Å². The molecule has 0 fully saturated rings. The molecule has 22 heavy (non-hydrogen) atoms. The van der Waals surface area contributed by atoms with Gasteiger partial charge in [0.2, 0.25) is 5.91 Å². The Kier molecular flexibility index (Phi) is 5.52. The van der Waals surface area contributed by atoms with Crippen LogP contribution in [0, 0.1) is 0 Å². The summed E-state index contributed by atoms with van der Waals surface area (Å²) in [7, 11) is 1.14. The van der Waals surface area contributed by atoms with Gasteiger partial charge >= 0.3 is 6.18 Å². The lowest BCUT2D eigenvalue weighted by molar-refractivity contribution is -0.156. The normalized spacial score (nSPS) is 11.6. The Bertz CT molecular complexity index is 611. The average Bonchev–Trinajstić information content (AvgIpc) is 3.07. The van der Waals surface area contributed by atoms with Crippen LogP contribution in [0.25, 0.3) is 10.6 Å². The Hall–Kier alpha value is -1.48. The number of alkyl halides is 3. The summed E-state index contributed by atoms with van der Waals surface area (Å²) in [4.78, 5) is 13.2. The predicted octanol–water partition coefficient (Wildman–Crippen LogP) is 3.66. The number of amides is 1. The number of carbonyl (C=O) groups excluding carboxylic acids is 1. The van der Waals surface area contributed by atoms with Gasteiger partial charge in [0, 0.05) is 18.9 Å². The Labute approximate surface area is 133 Å². The minimum absolute atomic E-state index is 0.0340. The summed E-state index contributed by atoms with van der Waals surface area (Å²) in [5.74, 6) is 0.448. The van der Waals surface area contributed by atoms with Crippen LogP contribution < -0.4 is 0 Å². The van der Waals surface area contributed by atoms with Gasteiger partial charge in [0.1, 0.15) is 6.54 Å². The number of aromatic nitrogens is 1. The fourth-order valence-corrected chi connectivity index (χ4v) is 3.14. The first-order chi connectivity index (χ1) is 10.3. The third kappa shape index (κ3) is 5.06. The third-order valence-electron chi connectivity index (χ3n) is 2.64. The molecule has 1 amide bonds. The van der Waals surface area contributed by atoms with Gasteiger partial charge in [-0.1, -0.05) is 11.2 Å². The van der Waals surface area contributed by atoms with E-state index in [1.165, 1.54) is 23.1 Å². The van der Waals surface area contributed by atoms with Crippen LogP contribution in [-0.2, 0) is 10.5 Å². The summed E-state index contributed by atoms with van der Waals surface area (Å²) in [6.45, 7) is -1.24. The SMILES string of the molecule is CN(CC(F)(F)F)C(=O)CSCc1cc(-c2cccs2)on1. The Morgan fingerprint density at radius 3 is 2.91 bits per heavy atom. The molecule has 0 aromatic carbocycles. The largest absolute Gasteiger partial charge is 0.406 e. The first-order valence-electron chi connectivity index (χ1n) is 6.23. The molecule has 2 heterocycles. The number of thioether (sulfide) groups is 1. The van der Waals surface area contributed by atoms with E-state index in [0.717, 1.165) is 11.9 Å². The van der Waals surface area contributed by atoms with Crippen molar-refractivity contribution in [1.29, 1.82) is 0 Å². The summed E-state index contributed by atoms with van der Waals surface area (Å²) in [5, 5.41) is 5.80. The highest BCUT2D eigenvalue weighted by Gasteiger charge is 2.31. The standard InChI is InChI=1S/C13H13F3N2O2S2/c1-18(8-13(14,15)16)12(19)7-21-6-9-5-10(20-17-9)11-3-2-4-22-11/h2-5H,6-8H2,1H3. The number of carbonyl (C=O) groups is 1. The highest BCUT2D eigenvalue weighted by Crippen LogP contribution is 2.26. The van der Waals surface area contributed by atoms with Gasteiger partial charge in [-0.05, 0) is 11.4 Å². The maximum Gasteiger partial charge on any atom is 0.406 e.